The van der Waals surface area contributed by atoms with Crippen LogP contribution >= 0.6 is 0 Å². The van der Waals surface area contributed by atoms with Crippen LogP contribution < -0.4 is 14.8 Å². The number of fused-ring (bicyclic) bond motifs is 1. The molecule has 0 fully saturated rings. The number of carbonyl (C=O) groups excluding carboxylic acids is 1. The van der Waals surface area contributed by atoms with Gasteiger partial charge in [-0.3, -0.25) is 4.79 Å². The highest BCUT2D eigenvalue weighted by atomic mass is 16.5. The summed E-state index contributed by atoms with van der Waals surface area (Å²) < 4.78 is 10.7. The molecular formula is C15H19NO5. The van der Waals surface area contributed by atoms with Crippen molar-refractivity contribution < 1.29 is 24.2 Å². The summed E-state index contributed by atoms with van der Waals surface area (Å²) in [6.45, 7) is 5.57. The van der Waals surface area contributed by atoms with Crippen LogP contribution in [0.25, 0.3) is 0 Å². The summed E-state index contributed by atoms with van der Waals surface area (Å²) >= 11 is 0. The third-order valence-corrected chi connectivity index (χ3v) is 2.87. The van der Waals surface area contributed by atoms with Crippen molar-refractivity contribution in [3.63, 3.8) is 0 Å². The Balaban J connectivity index is 1.94. The molecule has 1 aliphatic heterocycles. The highest BCUT2D eigenvalue weighted by Gasteiger charge is 2.29. The Labute approximate surface area is 123 Å². The Kier molecular flexibility index (Phi) is 4.06. The van der Waals surface area contributed by atoms with Gasteiger partial charge in [0.05, 0.1) is 0 Å². The molecule has 6 nitrogen and oxygen atoms in total. The van der Waals surface area contributed by atoms with E-state index in [1.807, 2.05) is 20.8 Å². The number of nitrogens with one attached hydrogen (secondary N) is 1. The van der Waals surface area contributed by atoms with Crippen molar-refractivity contribution in [2.45, 2.75) is 38.8 Å². The van der Waals surface area contributed by atoms with Gasteiger partial charge in [0.25, 0.3) is 5.91 Å². The summed E-state index contributed by atoms with van der Waals surface area (Å²) in [5, 5.41) is 11.7. The van der Waals surface area contributed by atoms with E-state index in [0.717, 1.165) is 5.56 Å². The number of hydrogen-bond acceptors (Lipinski definition) is 4. The average Bonchev–Trinajstić information content (AvgIpc) is 2.77. The Morgan fingerprint density at radius 3 is 2.76 bits per heavy atom. The van der Waals surface area contributed by atoms with E-state index in [-0.39, 0.29) is 18.1 Å². The van der Waals surface area contributed by atoms with Crippen LogP contribution in [-0.4, -0.2) is 35.2 Å². The third kappa shape index (κ3) is 4.11. The molecule has 0 aliphatic carbocycles. The molecule has 114 valence electrons. The first-order valence-electron chi connectivity index (χ1n) is 6.71. The maximum atomic E-state index is 11.7. The molecule has 2 rings (SSSR count). The lowest BCUT2D eigenvalue weighted by molar-refractivity contribution is -0.144. The van der Waals surface area contributed by atoms with Gasteiger partial charge in [-0.1, -0.05) is 6.07 Å². The van der Waals surface area contributed by atoms with E-state index < -0.39 is 12.1 Å². The van der Waals surface area contributed by atoms with Gasteiger partial charge in [-0.05, 0) is 32.4 Å². The van der Waals surface area contributed by atoms with Gasteiger partial charge in [0.1, 0.15) is 11.5 Å². The molecule has 1 heterocycles. The van der Waals surface area contributed by atoms with Crippen LogP contribution in [-0.2, 0) is 16.0 Å². The summed E-state index contributed by atoms with van der Waals surface area (Å²) in [4.78, 5) is 22.6. The minimum Gasteiger partial charge on any atom is -0.484 e. The summed E-state index contributed by atoms with van der Waals surface area (Å²) in [5.41, 5.74) is 0.518. The zero-order valence-electron chi connectivity index (χ0n) is 12.3. The minimum atomic E-state index is -0.988. The fraction of sp³-hybridized carbons (Fsp3) is 0.467. The van der Waals surface area contributed by atoms with Crippen molar-refractivity contribution in [3.05, 3.63) is 23.8 Å². The predicted molar refractivity (Wildman–Crippen MR) is 75.6 cm³/mol. The van der Waals surface area contributed by atoms with E-state index in [0.29, 0.717) is 17.9 Å². The van der Waals surface area contributed by atoms with Crippen LogP contribution in [0.15, 0.2) is 18.2 Å². The lowest BCUT2D eigenvalue weighted by Gasteiger charge is -2.20. The Morgan fingerprint density at radius 2 is 2.14 bits per heavy atom. The minimum absolute atomic E-state index is 0.0988. The summed E-state index contributed by atoms with van der Waals surface area (Å²) in [7, 11) is 0. The van der Waals surface area contributed by atoms with E-state index in [1.54, 1.807) is 18.2 Å². The maximum Gasteiger partial charge on any atom is 0.345 e. The molecule has 0 saturated heterocycles. The van der Waals surface area contributed by atoms with Crippen LogP contribution in [0.5, 0.6) is 11.5 Å². The van der Waals surface area contributed by atoms with E-state index in [2.05, 4.69) is 5.32 Å². The molecule has 21 heavy (non-hydrogen) atoms. The second-order valence-corrected chi connectivity index (χ2v) is 6.01. The van der Waals surface area contributed by atoms with Gasteiger partial charge < -0.3 is 19.9 Å². The standard InChI is InChI=1S/C15H19NO5/c1-15(2,3)16-13(17)8-20-10-5-4-9-6-12(14(18)19)21-11(9)7-10/h4-5,7,12H,6,8H2,1-3H3,(H,16,17)(H,18,19). The molecule has 0 radical (unpaired) electrons. The number of rotatable bonds is 4. The first kappa shape index (κ1) is 15.2. The van der Waals surface area contributed by atoms with E-state index in [9.17, 15) is 9.59 Å². The van der Waals surface area contributed by atoms with Gasteiger partial charge >= 0.3 is 5.97 Å². The quantitative estimate of drug-likeness (QED) is 0.875. The first-order valence-corrected chi connectivity index (χ1v) is 6.71. The summed E-state index contributed by atoms with van der Waals surface area (Å²) in [6, 6.07) is 5.08. The molecule has 6 heteroatoms. The third-order valence-electron chi connectivity index (χ3n) is 2.87. The van der Waals surface area contributed by atoms with Gasteiger partial charge in [-0.15, -0.1) is 0 Å². The van der Waals surface area contributed by atoms with Gasteiger partial charge in [0, 0.05) is 18.0 Å². The molecule has 1 amide bonds. The molecule has 1 aromatic carbocycles. The highest BCUT2D eigenvalue weighted by Crippen LogP contribution is 2.32. The van der Waals surface area contributed by atoms with Gasteiger partial charge in [-0.25, -0.2) is 4.79 Å². The monoisotopic (exact) mass is 293 g/mol. The second kappa shape index (κ2) is 5.63. The van der Waals surface area contributed by atoms with Crippen molar-refractivity contribution in [2.24, 2.45) is 0 Å². The van der Waals surface area contributed by atoms with Crippen LogP contribution in [0.1, 0.15) is 26.3 Å². The Hall–Kier alpha value is -2.24. The van der Waals surface area contributed by atoms with Crippen LogP contribution in [0.4, 0.5) is 0 Å². The Bertz CT molecular complexity index is 562. The molecule has 2 N–H and O–H groups in total. The SMILES string of the molecule is CC(C)(C)NC(=O)COc1ccc2c(c1)OC(C(=O)O)C2. The molecule has 0 aromatic heterocycles. The zero-order valence-corrected chi connectivity index (χ0v) is 12.3. The van der Waals surface area contributed by atoms with E-state index in [1.165, 1.54) is 0 Å². The predicted octanol–water partition coefficient (Wildman–Crippen LogP) is 1.37. The van der Waals surface area contributed by atoms with E-state index in [4.69, 9.17) is 14.6 Å². The zero-order chi connectivity index (χ0) is 15.6. The highest BCUT2D eigenvalue weighted by molar-refractivity contribution is 5.78. The average molecular weight is 293 g/mol. The molecule has 0 saturated carbocycles. The topological polar surface area (TPSA) is 84.9 Å². The molecule has 0 spiro atoms. The van der Waals surface area contributed by atoms with Crippen LogP contribution in [0, 0.1) is 0 Å². The van der Waals surface area contributed by atoms with Crippen molar-refractivity contribution in [1.82, 2.24) is 5.32 Å². The molecule has 1 unspecified atom stereocenters. The Morgan fingerprint density at radius 1 is 1.43 bits per heavy atom. The number of carboxylic acid groups (broad SMARTS) is 1. The number of carbonyl (C=O) groups is 2. The summed E-state index contributed by atoms with van der Waals surface area (Å²) in [6.07, 6.45) is -0.505. The normalized spacial score (nSPS) is 16.8. The largest absolute Gasteiger partial charge is 0.484 e. The molecule has 1 aromatic rings. The maximum absolute atomic E-state index is 11.7. The fourth-order valence-electron chi connectivity index (χ4n) is 2.04. The van der Waals surface area contributed by atoms with Crippen LogP contribution in [0.2, 0.25) is 0 Å². The number of ether oxygens (including phenoxy) is 2. The second-order valence-electron chi connectivity index (χ2n) is 6.01. The molecule has 0 bridgehead atoms. The fourth-order valence-corrected chi connectivity index (χ4v) is 2.04. The number of aliphatic carboxylic acids is 1. The number of amides is 1. The molecule has 1 atom stereocenters. The lowest BCUT2D eigenvalue weighted by Crippen LogP contribution is -2.43. The van der Waals surface area contributed by atoms with Crippen molar-refractivity contribution in [1.29, 1.82) is 0 Å². The molecular weight excluding hydrogens is 274 g/mol. The number of carboxylic acids is 1. The molecule has 1 aliphatic rings. The van der Waals surface area contributed by atoms with Crippen molar-refractivity contribution in [2.75, 3.05) is 6.61 Å². The number of benzene rings is 1. The number of hydrogen-bond donors (Lipinski definition) is 2. The lowest BCUT2D eigenvalue weighted by atomic mass is 10.1. The van der Waals surface area contributed by atoms with Gasteiger partial charge in [-0.2, -0.15) is 0 Å². The van der Waals surface area contributed by atoms with Crippen molar-refractivity contribution >= 4 is 11.9 Å². The van der Waals surface area contributed by atoms with Crippen LogP contribution in [0.3, 0.4) is 0 Å². The first-order chi connectivity index (χ1) is 9.74. The van der Waals surface area contributed by atoms with E-state index >= 15 is 0 Å². The summed E-state index contributed by atoms with van der Waals surface area (Å²) in [5.74, 6) is -0.231. The smallest absolute Gasteiger partial charge is 0.345 e. The van der Waals surface area contributed by atoms with Gasteiger partial charge in [0.15, 0.2) is 12.7 Å². The van der Waals surface area contributed by atoms with Gasteiger partial charge in [0.2, 0.25) is 0 Å². The van der Waals surface area contributed by atoms with Crippen molar-refractivity contribution in [3.8, 4) is 11.5 Å².